The summed E-state index contributed by atoms with van der Waals surface area (Å²) in [6, 6.07) is 5.32. The van der Waals surface area contributed by atoms with Crippen molar-refractivity contribution in [2.75, 3.05) is 18.4 Å². The third kappa shape index (κ3) is 3.00. The van der Waals surface area contributed by atoms with Gasteiger partial charge in [0.2, 0.25) is 0 Å². The van der Waals surface area contributed by atoms with E-state index in [9.17, 15) is 4.79 Å². The molecular weight excluding hydrogens is 273 g/mol. The zero-order chi connectivity index (χ0) is 13.1. The molecule has 0 radical (unpaired) electrons. The van der Waals surface area contributed by atoms with Crippen LogP contribution in [0.25, 0.3) is 0 Å². The highest BCUT2D eigenvalue weighted by Gasteiger charge is 2.22. The first-order valence-electron chi connectivity index (χ1n) is 5.83. The van der Waals surface area contributed by atoms with Gasteiger partial charge in [0.15, 0.2) is 0 Å². The van der Waals surface area contributed by atoms with Crippen LogP contribution in [0.5, 0.6) is 0 Å². The number of urea groups is 1. The summed E-state index contributed by atoms with van der Waals surface area (Å²) >= 11 is 12.2. The molecule has 18 heavy (non-hydrogen) atoms. The molecule has 0 unspecified atom stereocenters. The van der Waals surface area contributed by atoms with Gasteiger partial charge in [0.05, 0.1) is 15.7 Å². The molecule has 1 aliphatic heterocycles. The van der Waals surface area contributed by atoms with Crippen LogP contribution in [0.2, 0.25) is 10.0 Å². The summed E-state index contributed by atoms with van der Waals surface area (Å²) in [6.07, 6.45) is 1.68. The predicted octanol–water partition coefficient (Wildman–Crippen LogP) is 2.95. The van der Waals surface area contributed by atoms with E-state index in [-0.39, 0.29) is 12.1 Å². The van der Waals surface area contributed by atoms with Crippen molar-refractivity contribution in [3.63, 3.8) is 0 Å². The summed E-state index contributed by atoms with van der Waals surface area (Å²) in [4.78, 5) is 12.7. The monoisotopic (exact) mass is 287 g/mol. The van der Waals surface area contributed by atoms with Crippen molar-refractivity contribution >= 4 is 34.9 Å². The van der Waals surface area contributed by atoms with Gasteiger partial charge in [-0.1, -0.05) is 29.3 Å². The van der Waals surface area contributed by atoms with Crippen molar-refractivity contribution < 1.29 is 4.79 Å². The maximum atomic E-state index is 11.0. The molecule has 1 aliphatic rings. The van der Waals surface area contributed by atoms with E-state index in [1.165, 1.54) is 0 Å². The fourth-order valence-corrected chi connectivity index (χ4v) is 2.59. The van der Waals surface area contributed by atoms with Gasteiger partial charge in [0.25, 0.3) is 0 Å². The molecule has 3 N–H and O–H groups in total. The van der Waals surface area contributed by atoms with Gasteiger partial charge in [-0.15, -0.1) is 0 Å². The molecule has 0 aliphatic carbocycles. The Morgan fingerprint density at radius 1 is 1.28 bits per heavy atom. The number of hydrogen-bond donors (Lipinski definition) is 2. The number of amides is 2. The van der Waals surface area contributed by atoms with Gasteiger partial charge in [0, 0.05) is 19.1 Å². The van der Waals surface area contributed by atoms with Crippen LogP contribution in [0.15, 0.2) is 18.2 Å². The van der Waals surface area contributed by atoms with Crippen LogP contribution < -0.4 is 11.1 Å². The van der Waals surface area contributed by atoms with E-state index < -0.39 is 0 Å². The van der Waals surface area contributed by atoms with E-state index in [0.29, 0.717) is 23.1 Å². The van der Waals surface area contributed by atoms with Crippen LogP contribution in [0, 0.1) is 0 Å². The van der Waals surface area contributed by atoms with Crippen molar-refractivity contribution in [2.24, 2.45) is 5.73 Å². The highest BCUT2D eigenvalue weighted by atomic mass is 35.5. The number of primary amides is 1. The van der Waals surface area contributed by atoms with Gasteiger partial charge in [-0.3, -0.25) is 0 Å². The van der Waals surface area contributed by atoms with Gasteiger partial charge in [-0.05, 0) is 25.0 Å². The maximum Gasteiger partial charge on any atom is 0.314 e. The van der Waals surface area contributed by atoms with Crippen molar-refractivity contribution in [1.29, 1.82) is 0 Å². The van der Waals surface area contributed by atoms with Crippen molar-refractivity contribution in [3.05, 3.63) is 28.2 Å². The second-order valence-electron chi connectivity index (χ2n) is 4.34. The first-order valence-corrected chi connectivity index (χ1v) is 6.58. The average Bonchev–Trinajstić information content (AvgIpc) is 2.34. The normalized spacial score (nSPS) is 16.7. The number of piperidine rings is 1. The highest BCUT2D eigenvalue weighted by Crippen LogP contribution is 2.31. The Hall–Kier alpha value is -1.13. The summed E-state index contributed by atoms with van der Waals surface area (Å²) in [5, 5.41) is 4.56. The lowest BCUT2D eigenvalue weighted by molar-refractivity contribution is 0.193. The molecule has 0 bridgehead atoms. The van der Waals surface area contributed by atoms with Crippen molar-refractivity contribution in [2.45, 2.75) is 18.9 Å². The molecule has 0 saturated carbocycles. The van der Waals surface area contributed by atoms with Gasteiger partial charge in [-0.25, -0.2) is 4.79 Å². The number of nitrogens with zero attached hydrogens (tertiary/aromatic N) is 1. The topological polar surface area (TPSA) is 58.4 Å². The molecule has 1 aromatic rings. The number of para-hydroxylation sites is 1. The Morgan fingerprint density at radius 2 is 1.83 bits per heavy atom. The van der Waals surface area contributed by atoms with Crippen molar-refractivity contribution in [1.82, 2.24) is 4.90 Å². The number of carbonyl (C=O) groups is 1. The van der Waals surface area contributed by atoms with Gasteiger partial charge >= 0.3 is 6.03 Å². The molecule has 1 heterocycles. The summed E-state index contributed by atoms with van der Waals surface area (Å²) in [7, 11) is 0. The molecule has 1 aromatic carbocycles. The van der Waals surface area contributed by atoms with E-state index in [0.717, 1.165) is 18.5 Å². The number of carbonyl (C=O) groups excluding carboxylic acids is 1. The molecule has 1 saturated heterocycles. The molecule has 1 fully saturated rings. The average molecular weight is 288 g/mol. The van der Waals surface area contributed by atoms with E-state index in [1.54, 1.807) is 17.0 Å². The summed E-state index contributed by atoms with van der Waals surface area (Å²) < 4.78 is 0. The van der Waals surface area contributed by atoms with E-state index >= 15 is 0 Å². The molecule has 6 heteroatoms. The fourth-order valence-electron chi connectivity index (χ4n) is 2.08. The summed E-state index contributed by atoms with van der Waals surface area (Å²) in [5.74, 6) is 0. The van der Waals surface area contributed by atoms with Crippen LogP contribution in [0.1, 0.15) is 12.8 Å². The minimum Gasteiger partial charge on any atom is -0.380 e. The Kier molecular flexibility index (Phi) is 4.19. The smallest absolute Gasteiger partial charge is 0.314 e. The molecule has 0 spiro atoms. The van der Waals surface area contributed by atoms with Gasteiger partial charge in [-0.2, -0.15) is 0 Å². The largest absolute Gasteiger partial charge is 0.380 e. The Morgan fingerprint density at radius 3 is 2.33 bits per heavy atom. The minimum atomic E-state index is -0.357. The fraction of sp³-hybridized carbons (Fsp3) is 0.417. The van der Waals surface area contributed by atoms with Crippen LogP contribution in [0.4, 0.5) is 10.5 Å². The lowest BCUT2D eigenvalue weighted by Crippen LogP contribution is -2.44. The molecule has 0 aromatic heterocycles. The summed E-state index contributed by atoms with van der Waals surface area (Å²) in [6.45, 7) is 1.32. The number of nitrogens with one attached hydrogen (secondary N) is 1. The Bertz CT molecular complexity index is 425. The third-order valence-electron chi connectivity index (χ3n) is 3.12. The van der Waals surface area contributed by atoms with Crippen LogP contribution in [-0.2, 0) is 0 Å². The first kappa shape index (κ1) is 13.3. The molecule has 0 atom stereocenters. The number of hydrogen-bond acceptors (Lipinski definition) is 2. The lowest BCUT2D eigenvalue weighted by Gasteiger charge is -2.32. The van der Waals surface area contributed by atoms with Gasteiger partial charge < -0.3 is 16.0 Å². The quantitative estimate of drug-likeness (QED) is 0.879. The Labute approximate surface area is 116 Å². The number of anilines is 1. The number of halogens is 2. The maximum absolute atomic E-state index is 11.0. The SMILES string of the molecule is NC(=O)N1CCC(Nc2c(Cl)cccc2Cl)CC1. The van der Waals surface area contributed by atoms with Crippen LogP contribution >= 0.6 is 23.2 Å². The molecule has 98 valence electrons. The second kappa shape index (κ2) is 5.67. The van der Waals surface area contributed by atoms with E-state index in [1.807, 2.05) is 6.07 Å². The summed E-state index contributed by atoms with van der Waals surface area (Å²) in [5.41, 5.74) is 6.00. The Balaban J connectivity index is 1.98. The minimum absolute atomic E-state index is 0.262. The first-order chi connectivity index (χ1) is 8.58. The number of likely N-dealkylation sites (tertiary alicyclic amines) is 1. The van der Waals surface area contributed by atoms with E-state index in [2.05, 4.69) is 5.32 Å². The van der Waals surface area contributed by atoms with Crippen LogP contribution in [0.3, 0.4) is 0 Å². The van der Waals surface area contributed by atoms with E-state index in [4.69, 9.17) is 28.9 Å². The third-order valence-corrected chi connectivity index (χ3v) is 3.75. The van der Waals surface area contributed by atoms with Crippen molar-refractivity contribution in [3.8, 4) is 0 Å². The zero-order valence-corrected chi connectivity index (χ0v) is 11.3. The van der Waals surface area contributed by atoms with Crippen LogP contribution in [-0.4, -0.2) is 30.1 Å². The molecule has 2 amide bonds. The molecular formula is C12H15Cl2N3O. The number of rotatable bonds is 2. The highest BCUT2D eigenvalue weighted by molar-refractivity contribution is 6.39. The lowest BCUT2D eigenvalue weighted by atomic mass is 10.0. The van der Waals surface area contributed by atoms with Gasteiger partial charge in [0.1, 0.15) is 0 Å². The number of benzene rings is 1. The molecule has 4 nitrogen and oxygen atoms in total. The number of nitrogens with two attached hydrogens (primary N) is 1. The predicted molar refractivity (Wildman–Crippen MR) is 74.3 cm³/mol. The molecule has 2 rings (SSSR count). The standard InChI is InChI=1S/C12H15Cl2N3O/c13-9-2-1-3-10(14)11(9)16-8-4-6-17(7-5-8)12(15)18/h1-3,8,16H,4-7H2,(H2,15,18). The second-order valence-corrected chi connectivity index (χ2v) is 5.15. The zero-order valence-electron chi connectivity index (χ0n) is 9.83.